The summed E-state index contributed by atoms with van der Waals surface area (Å²) in [5, 5.41) is 2.09. The number of nitrogens with zero attached hydrogens (tertiary/aromatic N) is 1. The molecule has 0 aliphatic heterocycles. The van der Waals surface area contributed by atoms with Gasteiger partial charge in [-0.15, -0.1) is 0 Å². The van der Waals surface area contributed by atoms with Gasteiger partial charge in [-0.2, -0.15) is 0 Å². The number of halogens is 1. The van der Waals surface area contributed by atoms with Gasteiger partial charge in [0.05, 0.1) is 5.52 Å². The molecule has 1 heterocycles. The molecule has 112 valence electrons. The summed E-state index contributed by atoms with van der Waals surface area (Å²) in [6, 6.07) is 17.5. The quantitative estimate of drug-likeness (QED) is 0.500. The van der Waals surface area contributed by atoms with Gasteiger partial charge in [-0.1, -0.05) is 60.1 Å². The Labute approximate surface area is 140 Å². The molecule has 3 aromatic rings. The van der Waals surface area contributed by atoms with Crippen LogP contribution in [0.15, 0.2) is 54.7 Å². The molecule has 0 radical (unpaired) electrons. The lowest BCUT2D eigenvalue weighted by Crippen LogP contribution is -1.94. The van der Waals surface area contributed by atoms with Gasteiger partial charge in [-0.05, 0) is 47.2 Å². The molecular weight excluding hydrogens is 334 g/mol. The van der Waals surface area contributed by atoms with Crippen molar-refractivity contribution in [3.8, 4) is 11.1 Å². The van der Waals surface area contributed by atoms with Gasteiger partial charge in [0.25, 0.3) is 0 Å². The second-order valence-corrected chi connectivity index (χ2v) is 6.35. The maximum Gasteiger partial charge on any atom is 0.0780 e. The number of alkyl halides is 1. The Balaban J connectivity index is 2.25. The molecule has 0 bridgehead atoms. The zero-order valence-corrected chi connectivity index (χ0v) is 14.6. The Morgan fingerprint density at radius 1 is 1.09 bits per heavy atom. The monoisotopic (exact) mass is 353 g/mol. The van der Waals surface area contributed by atoms with Gasteiger partial charge in [-0.25, -0.2) is 0 Å². The van der Waals surface area contributed by atoms with Crippen LogP contribution < -0.4 is 0 Å². The third-order valence-electron chi connectivity index (χ3n) is 4.30. The fraction of sp³-hybridized carbons (Fsp3) is 0.250. The van der Waals surface area contributed by atoms with Gasteiger partial charge in [0.2, 0.25) is 0 Å². The van der Waals surface area contributed by atoms with E-state index in [9.17, 15) is 0 Å². The van der Waals surface area contributed by atoms with Crippen LogP contribution in [0, 0.1) is 0 Å². The molecule has 1 atom stereocenters. The normalized spacial score (nSPS) is 12.5. The third-order valence-corrected chi connectivity index (χ3v) is 4.95. The molecule has 0 spiro atoms. The van der Waals surface area contributed by atoms with Crippen molar-refractivity contribution in [2.24, 2.45) is 0 Å². The van der Waals surface area contributed by atoms with E-state index in [1.165, 1.54) is 27.6 Å². The molecule has 0 aliphatic carbocycles. The number of hydrogen-bond donors (Lipinski definition) is 0. The summed E-state index contributed by atoms with van der Waals surface area (Å²) in [5.41, 5.74) is 6.24. The van der Waals surface area contributed by atoms with Crippen LogP contribution in [-0.4, -0.2) is 4.98 Å². The smallest absolute Gasteiger partial charge is 0.0780 e. The highest BCUT2D eigenvalue weighted by molar-refractivity contribution is 9.08. The van der Waals surface area contributed by atoms with Crippen LogP contribution in [-0.2, 0) is 5.33 Å². The van der Waals surface area contributed by atoms with Crippen LogP contribution >= 0.6 is 15.9 Å². The van der Waals surface area contributed by atoms with Gasteiger partial charge in [0.15, 0.2) is 0 Å². The molecule has 1 unspecified atom stereocenters. The molecule has 0 aliphatic rings. The van der Waals surface area contributed by atoms with Gasteiger partial charge in [-0.3, -0.25) is 4.98 Å². The highest BCUT2D eigenvalue weighted by Gasteiger charge is 2.11. The van der Waals surface area contributed by atoms with Crippen LogP contribution in [0.5, 0.6) is 0 Å². The zero-order valence-electron chi connectivity index (χ0n) is 13.0. The molecule has 0 amide bonds. The van der Waals surface area contributed by atoms with Crippen molar-refractivity contribution in [1.82, 2.24) is 4.98 Å². The summed E-state index contributed by atoms with van der Waals surface area (Å²) in [6.07, 6.45) is 3.02. The minimum absolute atomic E-state index is 0.558. The highest BCUT2D eigenvalue weighted by Crippen LogP contribution is 2.32. The maximum atomic E-state index is 4.63. The molecule has 0 saturated carbocycles. The molecule has 0 fully saturated rings. The number of aromatic nitrogens is 1. The molecule has 3 rings (SSSR count). The predicted molar refractivity (Wildman–Crippen MR) is 98.5 cm³/mol. The van der Waals surface area contributed by atoms with Crippen LogP contribution in [0.4, 0.5) is 0 Å². The van der Waals surface area contributed by atoms with E-state index in [0.29, 0.717) is 5.92 Å². The van der Waals surface area contributed by atoms with Crippen molar-refractivity contribution in [2.45, 2.75) is 31.5 Å². The number of pyridine rings is 1. The van der Waals surface area contributed by atoms with E-state index in [0.717, 1.165) is 17.3 Å². The lowest BCUT2D eigenvalue weighted by molar-refractivity contribution is 0.735. The van der Waals surface area contributed by atoms with E-state index in [1.54, 1.807) is 0 Å². The number of rotatable bonds is 4. The molecule has 2 aromatic carbocycles. The molecule has 2 heteroatoms. The SMILES string of the molecule is CCC(C)c1cc(-c2cccc(CBr)c2)c2ncccc2c1. The summed E-state index contributed by atoms with van der Waals surface area (Å²) in [7, 11) is 0. The Bertz CT molecular complexity index is 795. The summed E-state index contributed by atoms with van der Waals surface area (Å²) in [4.78, 5) is 4.63. The van der Waals surface area contributed by atoms with Crippen molar-refractivity contribution in [3.05, 3.63) is 65.9 Å². The van der Waals surface area contributed by atoms with E-state index in [2.05, 4.69) is 77.2 Å². The standard InChI is InChI=1S/C20H20BrN/c1-3-14(2)18-11-17-8-5-9-22-20(17)19(12-18)16-7-4-6-15(10-16)13-21/h4-12,14H,3,13H2,1-2H3. The van der Waals surface area contributed by atoms with E-state index in [-0.39, 0.29) is 0 Å². The molecule has 0 saturated heterocycles. The van der Waals surface area contributed by atoms with E-state index in [4.69, 9.17) is 0 Å². The number of hydrogen-bond acceptors (Lipinski definition) is 1. The van der Waals surface area contributed by atoms with E-state index >= 15 is 0 Å². The Morgan fingerprint density at radius 2 is 1.95 bits per heavy atom. The summed E-state index contributed by atoms with van der Waals surface area (Å²) in [5.74, 6) is 0.558. The Hall–Kier alpha value is -1.67. The minimum Gasteiger partial charge on any atom is -0.256 e. The summed E-state index contributed by atoms with van der Waals surface area (Å²) >= 11 is 3.55. The van der Waals surface area contributed by atoms with Crippen molar-refractivity contribution in [1.29, 1.82) is 0 Å². The van der Waals surface area contributed by atoms with E-state index < -0.39 is 0 Å². The molecule has 22 heavy (non-hydrogen) atoms. The third kappa shape index (κ3) is 2.93. The van der Waals surface area contributed by atoms with Gasteiger partial charge < -0.3 is 0 Å². The molecule has 1 nitrogen and oxygen atoms in total. The lowest BCUT2D eigenvalue weighted by Gasteiger charge is -2.14. The first-order chi connectivity index (χ1) is 10.7. The van der Waals surface area contributed by atoms with E-state index in [1.807, 2.05) is 12.3 Å². The van der Waals surface area contributed by atoms with Crippen molar-refractivity contribution in [2.75, 3.05) is 0 Å². The van der Waals surface area contributed by atoms with Crippen LogP contribution in [0.25, 0.3) is 22.0 Å². The van der Waals surface area contributed by atoms with Gasteiger partial charge in [0, 0.05) is 22.5 Å². The first-order valence-electron chi connectivity index (χ1n) is 7.77. The van der Waals surface area contributed by atoms with Gasteiger partial charge in [0.1, 0.15) is 0 Å². The molecule has 0 N–H and O–H groups in total. The fourth-order valence-electron chi connectivity index (χ4n) is 2.78. The topological polar surface area (TPSA) is 12.9 Å². The average molecular weight is 354 g/mol. The maximum absolute atomic E-state index is 4.63. The van der Waals surface area contributed by atoms with Gasteiger partial charge >= 0.3 is 0 Å². The average Bonchev–Trinajstić information content (AvgIpc) is 2.60. The molecular formula is C20H20BrN. The van der Waals surface area contributed by atoms with Crippen LogP contribution in [0.3, 0.4) is 0 Å². The fourth-order valence-corrected chi connectivity index (χ4v) is 3.13. The summed E-state index contributed by atoms with van der Waals surface area (Å²) in [6.45, 7) is 4.53. The summed E-state index contributed by atoms with van der Waals surface area (Å²) < 4.78 is 0. The second kappa shape index (κ2) is 6.62. The number of benzene rings is 2. The minimum atomic E-state index is 0.558. The van der Waals surface area contributed by atoms with Crippen molar-refractivity contribution in [3.63, 3.8) is 0 Å². The van der Waals surface area contributed by atoms with Crippen molar-refractivity contribution < 1.29 is 0 Å². The first-order valence-corrected chi connectivity index (χ1v) is 8.89. The lowest BCUT2D eigenvalue weighted by atomic mass is 9.91. The number of fused-ring (bicyclic) bond motifs is 1. The Morgan fingerprint density at radius 3 is 2.73 bits per heavy atom. The predicted octanol–water partition coefficient (Wildman–Crippen LogP) is 6.31. The zero-order chi connectivity index (χ0) is 15.5. The largest absolute Gasteiger partial charge is 0.256 e. The first kappa shape index (κ1) is 15.2. The molecule has 1 aromatic heterocycles. The highest BCUT2D eigenvalue weighted by atomic mass is 79.9. The Kier molecular flexibility index (Phi) is 4.58. The second-order valence-electron chi connectivity index (χ2n) is 5.79. The van der Waals surface area contributed by atoms with Crippen LogP contribution in [0.2, 0.25) is 0 Å². The van der Waals surface area contributed by atoms with Crippen molar-refractivity contribution >= 4 is 26.8 Å². The van der Waals surface area contributed by atoms with Crippen LogP contribution in [0.1, 0.15) is 37.3 Å².